The molecular formula is C26H32N2O7. The molecule has 0 unspecified atom stereocenters. The SMILES string of the molecule is CCc1cc(=O)c2ccc3c(c2o1)[C@@H](OC(=O)N1CCCC1)[C@@H](OC(=O)N1CCCC1)C(C)(C)O3. The summed E-state index contributed by atoms with van der Waals surface area (Å²) in [5, 5.41) is 0.357. The van der Waals surface area contributed by atoms with Crippen LogP contribution in [-0.2, 0) is 15.9 Å². The number of amides is 2. The van der Waals surface area contributed by atoms with Gasteiger partial charge in [0.1, 0.15) is 22.7 Å². The van der Waals surface area contributed by atoms with Gasteiger partial charge in [0, 0.05) is 38.7 Å². The van der Waals surface area contributed by atoms with Crippen LogP contribution in [0.2, 0.25) is 0 Å². The Balaban J connectivity index is 1.62. The maximum atomic E-state index is 13.2. The Hall–Kier alpha value is -3.23. The van der Waals surface area contributed by atoms with Crippen molar-refractivity contribution < 1.29 is 28.2 Å². The minimum absolute atomic E-state index is 0.189. The molecule has 2 fully saturated rings. The van der Waals surface area contributed by atoms with E-state index in [2.05, 4.69) is 0 Å². The van der Waals surface area contributed by atoms with Gasteiger partial charge in [0.05, 0.1) is 10.9 Å². The predicted molar refractivity (Wildman–Crippen MR) is 128 cm³/mol. The van der Waals surface area contributed by atoms with Crippen molar-refractivity contribution in [2.75, 3.05) is 26.2 Å². The highest BCUT2D eigenvalue weighted by atomic mass is 16.6. The predicted octanol–water partition coefficient (Wildman–Crippen LogP) is 4.40. The topological polar surface area (TPSA) is 98.5 Å². The van der Waals surface area contributed by atoms with E-state index in [1.54, 1.807) is 35.8 Å². The molecule has 0 aliphatic carbocycles. The molecule has 1 aromatic heterocycles. The lowest BCUT2D eigenvalue weighted by atomic mass is 9.87. The molecule has 0 radical (unpaired) electrons. The molecule has 2 aromatic rings. The van der Waals surface area contributed by atoms with Gasteiger partial charge < -0.3 is 28.4 Å². The third kappa shape index (κ3) is 4.32. The monoisotopic (exact) mass is 484 g/mol. The normalized spacial score (nSPS) is 23.2. The van der Waals surface area contributed by atoms with E-state index in [0.29, 0.717) is 60.6 Å². The highest BCUT2D eigenvalue weighted by molar-refractivity contribution is 5.84. The quantitative estimate of drug-likeness (QED) is 0.637. The first-order valence-corrected chi connectivity index (χ1v) is 12.5. The van der Waals surface area contributed by atoms with Gasteiger partial charge in [-0.2, -0.15) is 0 Å². The van der Waals surface area contributed by atoms with E-state index in [1.807, 2.05) is 6.92 Å². The second-order valence-electron chi connectivity index (χ2n) is 9.99. The first-order chi connectivity index (χ1) is 16.8. The highest BCUT2D eigenvalue weighted by Gasteiger charge is 2.51. The molecule has 0 N–H and O–H groups in total. The number of carbonyl (C=O) groups is 2. The van der Waals surface area contributed by atoms with Crippen molar-refractivity contribution in [3.8, 4) is 5.75 Å². The smallest absolute Gasteiger partial charge is 0.410 e. The zero-order valence-corrected chi connectivity index (χ0v) is 20.5. The molecule has 9 heteroatoms. The van der Waals surface area contributed by atoms with Gasteiger partial charge in [-0.3, -0.25) is 4.79 Å². The molecule has 2 amide bonds. The first-order valence-electron chi connectivity index (χ1n) is 12.5. The summed E-state index contributed by atoms with van der Waals surface area (Å²) in [7, 11) is 0. The second-order valence-corrected chi connectivity index (χ2v) is 9.99. The van der Waals surface area contributed by atoms with Crippen molar-refractivity contribution in [2.45, 2.75) is 70.7 Å². The van der Waals surface area contributed by atoms with Gasteiger partial charge in [0.25, 0.3) is 0 Å². The number of rotatable bonds is 3. The number of hydrogen-bond donors (Lipinski definition) is 0. The first kappa shape index (κ1) is 23.5. The van der Waals surface area contributed by atoms with Crippen LogP contribution >= 0.6 is 0 Å². The number of nitrogens with zero attached hydrogens (tertiary/aromatic N) is 2. The molecule has 2 atom stereocenters. The number of aryl methyl sites for hydroxylation is 1. The molecule has 5 rings (SSSR count). The van der Waals surface area contributed by atoms with Gasteiger partial charge >= 0.3 is 12.2 Å². The lowest BCUT2D eigenvalue weighted by Gasteiger charge is -2.43. The summed E-state index contributed by atoms with van der Waals surface area (Å²) in [6.45, 7) is 7.97. The number of carbonyl (C=O) groups excluding carboxylic acids is 2. The standard InChI is InChI=1S/C26H32N2O7/c1-4-16-15-18(29)17-9-10-19-20(21(17)32-16)22(33-24(30)27-11-5-6-12-27)23(26(2,3)35-19)34-25(31)28-13-7-8-14-28/h9-10,15,22-23H,4-8,11-14H2,1-3H3/t22-,23-/m1/s1. The maximum absolute atomic E-state index is 13.2. The second kappa shape index (κ2) is 9.09. The Bertz CT molecular complexity index is 1190. The molecule has 2 saturated heterocycles. The van der Waals surface area contributed by atoms with E-state index in [4.69, 9.17) is 18.6 Å². The van der Waals surface area contributed by atoms with E-state index in [1.165, 1.54) is 6.07 Å². The fraction of sp³-hybridized carbons (Fsp3) is 0.577. The average molecular weight is 485 g/mol. The third-order valence-corrected chi connectivity index (χ3v) is 7.10. The summed E-state index contributed by atoms with van der Waals surface area (Å²) in [4.78, 5) is 42.4. The van der Waals surface area contributed by atoms with Gasteiger partial charge in [-0.15, -0.1) is 0 Å². The molecule has 0 bridgehead atoms. The van der Waals surface area contributed by atoms with Crippen molar-refractivity contribution in [1.29, 1.82) is 0 Å². The maximum Gasteiger partial charge on any atom is 0.410 e. The van der Waals surface area contributed by atoms with Crippen LogP contribution in [-0.4, -0.2) is 59.9 Å². The minimum Gasteiger partial charge on any atom is -0.483 e. The van der Waals surface area contributed by atoms with E-state index in [9.17, 15) is 14.4 Å². The van der Waals surface area contributed by atoms with Crippen LogP contribution in [0, 0.1) is 0 Å². The largest absolute Gasteiger partial charge is 0.483 e. The van der Waals surface area contributed by atoms with E-state index >= 15 is 0 Å². The molecule has 3 aliphatic heterocycles. The van der Waals surface area contributed by atoms with Gasteiger partial charge in [-0.05, 0) is 51.7 Å². The van der Waals surface area contributed by atoms with Crippen LogP contribution in [0.25, 0.3) is 11.0 Å². The Morgan fingerprint density at radius 3 is 2.20 bits per heavy atom. The molecule has 0 saturated carbocycles. The van der Waals surface area contributed by atoms with Crippen LogP contribution in [0.15, 0.2) is 27.4 Å². The van der Waals surface area contributed by atoms with Gasteiger partial charge in [0.2, 0.25) is 0 Å². The van der Waals surface area contributed by atoms with Crippen LogP contribution in [0.1, 0.15) is 63.9 Å². The van der Waals surface area contributed by atoms with Crippen LogP contribution in [0.4, 0.5) is 9.59 Å². The fourth-order valence-electron chi connectivity index (χ4n) is 5.15. The molecule has 0 spiro atoms. The zero-order valence-electron chi connectivity index (χ0n) is 20.5. The number of fused-ring (bicyclic) bond motifs is 3. The molecule has 1 aromatic carbocycles. The van der Waals surface area contributed by atoms with Crippen molar-refractivity contribution in [3.05, 3.63) is 39.7 Å². The number of benzene rings is 1. The molecule has 9 nitrogen and oxygen atoms in total. The van der Waals surface area contributed by atoms with Crippen molar-refractivity contribution in [2.24, 2.45) is 0 Å². The summed E-state index contributed by atoms with van der Waals surface area (Å²) in [6, 6.07) is 4.82. The van der Waals surface area contributed by atoms with E-state index in [-0.39, 0.29) is 5.43 Å². The molecule has 3 aliphatic rings. The van der Waals surface area contributed by atoms with Crippen LogP contribution < -0.4 is 10.2 Å². The Morgan fingerprint density at radius 2 is 1.60 bits per heavy atom. The minimum atomic E-state index is -1.01. The van der Waals surface area contributed by atoms with E-state index < -0.39 is 30.0 Å². The lowest BCUT2D eigenvalue weighted by molar-refractivity contribution is -0.124. The summed E-state index contributed by atoms with van der Waals surface area (Å²) in [6.07, 6.45) is 1.29. The van der Waals surface area contributed by atoms with Crippen LogP contribution in [0.3, 0.4) is 0 Å². The summed E-state index contributed by atoms with van der Waals surface area (Å²) in [5.74, 6) is 0.947. The molecule has 188 valence electrons. The number of hydrogen-bond acceptors (Lipinski definition) is 7. The summed E-state index contributed by atoms with van der Waals surface area (Å²) < 4.78 is 24.5. The van der Waals surface area contributed by atoms with Crippen LogP contribution in [0.5, 0.6) is 5.75 Å². The van der Waals surface area contributed by atoms with Gasteiger partial charge in [-0.25, -0.2) is 9.59 Å². The van der Waals surface area contributed by atoms with Crippen molar-refractivity contribution >= 4 is 23.2 Å². The third-order valence-electron chi connectivity index (χ3n) is 7.10. The Labute approximate surface area is 203 Å². The zero-order chi connectivity index (χ0) is 24.7. The van der Waals surface area contributed by atoms with E-state index in [0.717, 1.165) is 25.7 Å². The average Bonchev–Trinajstić information content (AvgIpc) is 3.55. The Morgan fingerprint density at radius 1 is 1.00 bits per heavy atom. The molecule has 4 heterocycles. The summed E-state index contributed by atoms with van der Waals surface area (Å²) in [5.41, 5.74) is -0.481. The van der Waals surface area contributed by atoms with Crippen molar-refractivity contribution in [1.82, 2.24) is 9.80 Å². The highest BCUT2D eigenvalue weighted by Crippen LogP contribution is 2.47. The van der Waals surface area contributed by atoms with Gasteiger partial charge in [-0.1, -0.05) is 6.92 Å². The Kier molecular flexibility index (Phi) is 6.11. The molecular weight excluding hydrogens is 452 g/mol. The van der Waals surface area contributed by atoms with Crippen molar-refractivity contribution in [3.63, 3.8) is 0 Å². The van der Waals surface area contributed by atoms with Gasteiger partial charge in [0.15, 0.2) is 17.6 Å². The number of likely N-dealkylation sites (tertiary alicyclic amines) is 2. The summed E-state index contributed by atoms with van der Waals surface area (Å²) >= 11 is 0. The number of ether oxygens (including phenoxy) is 3. The fourth-order valence-corrected chi connectivity index (χ4v) is 5.15. The molecule has 35 heavy (non-hydrogen) atoms. The lowest BCUT2D eigenvalue weighted by Crippen LogP contribution is -2.53.